The minimum absolute atomic E-state index is 0.0339. The summed E-state index contributed by atoms with van der Waals surface area (Å²) in [6.45, 7) is 1.01. The zero-order valence-electron chi connectivity index (χ0n) is 18.5. The number of aromatic hydroxyl groups is 1. The van der Waals surface area contributed by atoms with Crippen molar-refractivity contribution in [3.63, 3.8) is 0 Å². The molecular formula is C27H28N2O3. The fourth-order valence-corrected chi connectivity index (χ4v) is 7.00. The Morgan fingerprint density at radius 1 is 1.22 bits per heavy atom. The SMILES string of the molecule is CN1CC[C@@]23c4c5ccc(O)c4C[C@@H]1[C@@H]2CC[C@H](N(C)C(=O)C#Cc1ccccc1)[C@@H]3O5. The van der Waals surface area contributed by atoms with Gasteiger partial charge in [0.05, 0.1) is 6.04 Å². The quantitative estimate of drug-likeness (QED) is 0.710. The van der Waals surface area contributed by atoms with Crippen molar-refractivity contribution >= 4 is 5.91 Å². The second kappa shape index (κ2) is 7.02. The van der Waals surface area contributed by atoms with Crippen LogP contribution in [0, 0.1) is 17.8 Å². The summed E-state index contributed by atoms with van der Waals surface area (Å²) in [7, 11) is 4.07. The van der Waals surface area contributed by atoms with E-state index in [0.717, 1.165) is 49.1 Å². The van der Waals surface area contributed by atoms with Gasteiger partial charge in [-0.15, -0.1) is 0 Å². The summed E-state index contributed by atoms with van der Waals surface area (Å²) in [6.07, 6.45) is 3.73. The van der Waals surface area contributed by atoms with Crippen LogP contribution in [0.3, 0.4) is 0 Å². The number of phenols is 1. The summed E-state index contributed by atoms with van der Waals surface area (Å²) in [5.41, 5.74) is 2.98. The van der Waals surface area contributed by atoms with E-state index in [1.165, 1.54) is 5.56 Å². The first kappa shape index (κ1) is 19.7. The molecule has 2 bridgehead atoms. The first-order valence-electron chi connectivity index (χ1n) is 11.6. The van der Waals surface area contributed by atoms with Gasteiger partial charge in [-0.2, -0.15) is 0 Å². The molecule has 2 heterocycles. The van der Waals surface area contributed by atoms with Gasteiger partial charge in [0.1, 0.15) is 17.6 Å². The van der Waals surface area contributed by atoms with Crippen molar-refractivity contribution in [1.29, 1.82) is 0 Å². The maximum atomic E-state index is 13.1. The first-order chi connectivity index (χ1) is 15.5. The second-order valence-corrected chi connectivity index (χ2v) is 9.80. The van der Waals surface area contributed by atoms with Crippen molar-refractivity contribution in [2.45, 2.75) is 49.3 Å². The number of carbonyl (C=O) groups excluding carboxylic acids is 1. The van der Waals surface area contributed by atoms with E-state index < -0.39 is 0 Å². The van der Waals surface area contributed by atoms with E-state index in [-0.39, 0.29) is 23.5 Å². The Balaban J connectivity index is 1.38. The van der Waals surface area contributed by atoms with Crippen LogP contribution in [0.1, 0.15) is 36.0 Å². The van der Waals surface area contributed by atoms with Gasteiger partial charge in [0.25, 0.3) is 5.91 Å². The van der Waals surface area contributed by atoms with Crippen LogP contribution in [0.25, 0.3) is 0 Å². The average molecular weight is 429 g/mol. The maximum Gasteiger partial charge on any atom is 0.298 e. The smallest absolute Gasteiger partial charge is 0.298 e. The van der Waals surface area contributed by atoms with E-state index in [1.54, 1.807) is 11.0 Å². The van der Waals surface area contributed by atoms with Crippen molar-refractivity contribution in [2.24, 2.45) is 5.92 Å². The Hall–Kier alpha value is -2.97. The minimum atomic E-state index is -0.170. The minimum Gasteiger partial charge on any atom is -0.508 e. The predicted molar refractivity (Wildman–Crippen MR) is 122 cm³/mol. The number of phenolic OH excluding ortho intramolecular Hbond substituents is 1. The third-order valence-electron chi connectivity index (χ3n) is 8.49. The summed E-state index contributed by atoms with van der Waals surface area (Å²) in [6, 6.07) is 13.7. The van der Waals surface area contributed by atoms with Gasteiger partial charge in [0.2, 0.25) is 0 Å². The normalized spacial score (nSPS) is 31.7. The topological polar surface area (TPSA) is 53.0 Å². The van der Waals surface area contributed by atoms with Gasteiger partial charge in [-0.05, 0) is 69.5 Å². The molecule has 0 radical (unpaired) electrons. The van der Waals surface area contributed by atoms with Gasteiger partial charge in [-0.3, -0.25) is 4.79 Å². The van der Waals surface area contributed by atoms with Crippen LogP contribution in [0.5, 0.6) is 11.5 Å². The molecule has 1 saturated heterocycles. The van der Waals surface area contributed by atoms with Crippen molar-refractivity contribution in [3.8, 4) is 23.3 Å². The van der Waals surface area contributed by atoms with Crippen molar-refractivity contribution in [1.82, 2.24) is 9.80 Å². The lowest BCUT2D eigenvalue weighted by molar-refractivity contribution is -0.133. The van der Waals surface area contributed by atoms with Crippen LogP contribution in [0.15, 0.2) is 42.5 Å². The molecule has 4 aliphatic rings. The largest absolute Gasteiger partial charge is 0.508 e. The molecule has 1 saturated carbocycles. The molecule has 0 aromatic heterocycles. The Morgan fingerprint density at radius 2 is 2.03 bits per heavy atom. The van der Waals surface area contributed by atoms with Crippen molar-refractivity contribution < 1.29 is 14.6 Å². The molecule has 5 atom stereocenters. The number of carbonyl (C=O) groups is 1. The molecule has 32 heavy (non-hydrogen) atoms. The predicted octanol–water partition coefficient (Wildman–Crippen LogP) is 2.94. The molecule has 0 unspecified atom stereocenters. The summed E-state index contributed by atoms with van der Waals surface area (Å²) >= 11 is 0. The molecule has 2 aromatic carbocycles. The van der Waals surface area contributed by atoms with Gasteiger partial charge in [0.15, 0.2) is 0 Å². The van der Waals surface area contributed by atoms with E-state index in [9.17, 15) is 9.90 Å². The molecule has 5 heteroatoms. The molecule has 6 rings (SSSR count). The fraction of sp³-hybridized carbons (Fsp3) is 0.444. The van der Waals surface area contributed by atoms with E-state index in [1.807, 2.05) is 43.4 Å². The molecular weight excluding hydrogens is 400 g/mol. The molecule has 1 N–H and O–H groups in total. The Bertz CT molecular complexity index is 1150. The Morgan fingerprint density at radius 3 is 2.84 bits per heavy atom. The lowest BCUT2D eigenvalue weighted by Crippen LogP contribution is -2.68. The average Bonchev–Trinajstić information content (AvgIpc) is 3.15. The highest BCUT2D eigenvalue weighted by Gasteiger charge is 2.66. The van der Waals surface area contributed by atoms with E-state index in [0.29, 0.717) is 17.7 Å². The highest BCUT2D eigenvalue weighted by molar-refractivity contribution is 5.94. The Labute approximate surface area is 189 Å². The fourth-order valence-electron chi connectivity index (χ4n) is 7.00. The number of likely N-dealkylation sites (tertiary alicyclic amines) is 1. The molecule has 2 aliphatic heterocycles. The zero-order chi connectivity index (χ0) is 22.0. The van der Waals surface area contributed by atoms with Crippen LogP contribution >= 0.6 is 0 Å². The van der Waals surface area contributed by atoms with Gasteiger partial charge >= 0.3 is 0 Å². The molecule has 2 fully saturated rings. The highest BCUT2D eigenvalue weighted by Crippen LogP contribution is 2.63. The van der Waals surface area contributed by atoms with Crippen LogP contribution < -0.4 is 4.74 Å². The molecule has 1 spiro atoms. The number of benzene rings is 2. The van der Waals surface area contributed by atoms with Crippen molar-refractivity contribution in [3.05, 3.63) is 59.2 Å². The zero-order valence-corrected chi connectivity index (χ0v) is 18.5. The summed E-state index contributed by atoms with van der Waals surface area (Å²) < 4.78 is 6.64. The van der Waals surface area contributed by atoms with E-state index >= 15 is 0 Å². The molecule has 2 aromatic rings. The lowest BCUT2D eigenvalue weighted by Gasteiger charge is -2.59. The van der Waals surface area contributed by atoms with Crippen LogP contribution in [0.2, 0.25) is 0 Å². The van der Waals surface area contributed by atoms with E-state index in [2.05, 4.69) is 23.8 Å². The summed E-state index contributed by atoms with van der Waals surface area (Å²) in [4.78, 5) is 17.3. The molecule has 5 nitrogen and oxygen atoms in total. The number of hydrogen-bond acceptors (Lipinski definition) is 4. The second-order valence-electron chi connectivity index (χ2n) is 9.80. The van der Waals surface area contributed by atoms with Crippen molar-refractivity contribution in [2.75, 3.05) is 20.6 Å². The molecule has 1 amide bonds. The number of amides is 1. The number of piperidine rings is 1. The summed E-state index contributed by atoms with van der Waals surface area (Å²) in [5, 5.41) is 10.7. The summed E-state index contributed by atoms with van der Waals surface area (Å²) in [5.74, 6) is 7.44. The standard InChI is InChI=1S/C27H28N2O3/c1-28-15-14-27-19-9-10-20(29(2)24(31)13-8-17-6-4-3-5-7-17)26(27)32-23-12-11-22(30)18(25(23)27)16-21(19)28/h3-7,11-12,19-21,26,30H,9-10,14-16H2,1-2H3/t19-,20-,21+,26-,27-/m0/s1. The number of ether oxygens (including phenoxy) is 1. The lowest BCUT2D eigenvalue weighted by atomic mass is 9.51. The number of hydrogen-bond donors (Lipinski definition) is 1. The monoisotopic (exact) mass is 428 g/mol. The maximum absolute atomic E-state index is 13.1. The first-order valence-corrected chi connectivity index (χ1v) is 11.6. The number of nitrogens with zero attached hydrogens (tertiary/aromatic N) is 2. The van der Waals surface area contributed by atoms with Crippen LogP contribution in [0.4, 0.5) is 0 Å². The molecule has 2 aliphatic carbocycles. The van der Waals surface area contributed by atoms with Gasteiger partial charge in [-0.1, -0.05) is 24.1 Å². The highest BCUT2D eigenvalue weighted by atomic mass is 16.5. The van der Waals surface area contributed by atoms with Crippen LogP contribution in [-0.2, 0) is 16.6 Å². The Kier molecular flexibility index (Phi) is 4.32. The molecule has 164 valence electrons. The third-order valence-corrected chi connectivity index (χ3v) is 8.49. The number of rotatable bonds is 1. The van der Waals surface area contributed by atoms with Gasteiger partial charge < -0.3 is 19.6 Å². The van der Waals surface area contributed by atoms with Gasteiger partial charge in [0, 0.05) is 41.1 Å². The van der Waals surface area contributed by atoms with E-state index in [4.69, 9.17) is 4.74 Å². The van der Waals surface area contributed by atoms with Gasteiger partial charge in [-0.25, -0.2) is 0 Å². The third kappa shape index (κ3) is 2.59. The van der Waals surface area contributed by atoms with Crippen LogP contribution in [-0.4, -0.2) is 59.6 Å². The number of likely N-dealkylation sites (N-methyl/N-ethyl adjacent to an activating group) is 2.